The molecule has 34 heavy (non-hydrogen) atoms. The summed E-state index contributed by atoms with van der Waals surface area (Å²) < 4.78 is 12.2. The summed E-state index contributed by atoms with van der Waals surface area (Å²) in [6.45, 7) is 0.214. The van der Waals surface area contributed by atoms with Crippen LogP contribution in [0.5, 0.6) is 11.5 Å². The molecule has 0 radical (unpaired) electrons. The van der Waals surface area contributed by atoms with Gasteiger partial charge in [-0.15, -0.1) is 0 Å². The first kappa shape index (κ1) is 24.7. The van der Waals surface area contributed by atoms with E-state index in [0.717, 1.165) is 14.0 Å². The highest BCUT2D eigenvalue weighted by Gasteiger charge is 2.35. The van der Waals surface area contributed by atoms with Crippen LogP contribution in [-0.2, 0) is 11.4 Å². The molecule has 0 saturated carbocycles. The Morgan fingerprint density at radius 1 is 1.03 bits per heavy atom. The zero-order valence-electron chi connectivity index (χ0n) is 17.6. The Morgan fingerprint density at radius 2 is 1.79 bits per heavy atom. The number of carbonyl (C=O) groups excluding carboxylic acids is 2. The Kier molecular flexibility index (Phi) is 7.57. The van der Waals surface area contributed by atoms with Gasteiger partial charge in [-0.05, 0) is 76.7 Å². The Hall–Kier alpha value is -2.46. The molecule has 0 bridgehead atoms. The molecule has 1 aliphatic rings. The Morgan fingerprint density at radius 3 is 2.50 bits per heavy atom. The normalized spacial score (nSPS) is 14.5. The van der Waals surface area contributed by atoms with Crippen molar-refractivity contribution in [3.63, 3.8) is 0 Å². The van der Waals surface area contributed by atoms with Crippen molar-refractivity contribution < 1.29 is 19.1 Å². The van der Waals surface area contributed by atoms with Gasteiger partial charge in [-0.1, -0.05) is 46.9 Å². The molecule has 0 unspecified atom stereocenters. The van der Waals surface area contributed by atoms with Crippen LogP contribution in [0.1, 0.15) is 11.1 Å². The largest absolute Gasteiger partial charge is 0.493 e. The van der Waals surface area contributed by atoms with Crippen LogP contribution in [0.4, 0.5) is 10.5 Å². The van der Waals surface area contributed by atoms with Gasteiger partial charge in [0, 0.05) is 20.6 Å². The smallest absolute Gasteiger partial charge is 0.333 e. The van der Waals surface area contributed by atoms with Crippen LogP contribution in [0.2, 0.25) is 15.1 Å². The minimum absolute atomic E-state index is 0.129. The van der Waals surface area contributed by atoms with Crippen LogP contribution in [-0.4, -0.2) is 19.0 Å². The number of hydrogen-bond acceptors (Lipinski definition) is 4. The lowest BCUT2D eigenvalue weighted by molar-refractivity contribution is -0.113. The minimum Gasteiger partial charge on any atom is -0.493 e. The quantitative estimate of drug-likeness (QED) is 0.182. The maximum Gasteiger partial charge on any atom is 0.333 e. The molecule has 1 saturated heterocycles. The topological polar surface area (TPSA) is 67.9 Å². The van der Waals surface area contributed by atoms with Crippen LogP contribution in [0.25, 0.3) is 6.08 Å². The molecule has 174 valence electrons. The molecule has 3 aromatic carbocycles. The lowest BCUT2D eigenvalue weighted by Gasteiger charge is -2.14. The standard InChI is InChI=1S/C24H16Cl3IN2O4/c1-33-21-9-13(7-19(28)22(21)34-12-14-5-6-16(26)11-18(14)27)8-20-23(31)30(24(32)29-20)17-4-2-3-15(25)10-17/h2-11H,12H2,1H3,(H,29,32)/b20-8+. The number of halogens is 4. The highest BCUT2D eigenvalue weighted by molar-refractivity contribution is 14.1. The number of imide groups is 1. The first-order valence-electron chi connectivity index (χ1n) is 9.84. The van der Waals surface area contributed by atoms with E-state index >= 15 is 0 Å². The van der Waals surface area contributed by atoms with Crippen molar-refractivity contribution in [3.05, 3.63) is 90.1 Å². The van der Waals surface area contributed by atoms with Crippen molar-refractivity contribution >= 4 is 81.1 Å². The van der Waals surface area contributed by atoms with Crippen LogP contribution in [0.3, 0.4) is 0 Å². The lowest BCUT2D eigenvalue weighted by Crippen LogP contribution is -2.30. The maximum atomic E-state index is 12.9. The third-order valence-electron chi connectivity index (χ3n) is 4.89. The fourth-order valence-corrected chi connectivity index (χ4v) is 4.73. The minimum atomic E-state index is -0.556. The molecule has 0 atom stereocenters. The van der Waals surface area contributed by atoms with Gasteiger partial charge < -0.3 is 14.8 Å². The third-order valence-corrected chi connectivity index (χ3v) is 6.52. The van der Waals surface area contributed by atoms with Gasteiger partial charge >= 0.3 is 6.03 Å². The monoisotopic (exact) mass is 628 g/mol. The van der Waals surface area contributed by atoms with Gasteiger partial charge in [0.1, 0.15) is 12.3 Å². The van der Waals surface area contributed by atoms with Crippen molar-refractivity contribution in [3.8, 4) is 11.5 Å². The van der Waals surface area contributed by atoms with Gasteiger partial charge in [0.25, 0.3) is 5.91 Å². The van der Waals surface area contributed by atoms with Gasteiger partial charge in [-0.2, -0.15) is 0 Å². The van der Waals surface area contributed by atoms with Gasteiger partial charge in [0.2, 0.25) is 0 Å². The van der Waals surface area contributed by atoms with E-state index in [-0.39, 0.29) is 12.3 Å². The number of carbonyl (C=O) groups is 2. The second-order valence-electron chi connectivity index (χ2n) is 7.17. The first-order valence-corrected chi connectivity index (χ1v) is 12.0. The highest BCUT2D eigenvalue weighted by atomic mass is 127. The van der Waals surface area contributed by atoms with Crippen molar-refractivity contribution in [2.24, 2.45) is 0 Å². The number of anilines is 1. The second kappa shape index (κ2) is 10.4. The zero-order chi connectivity index (χ0) is 24.4. The molecule has 4 rings (SSSR count). The van der Waals surface area contributed by atoms with Gasteiger partial charge in [-0.3, -0.25) is 4.79 Å². The number of urea groups is 1. The summed E-state index contributed by atoms with van der Waals surface area (Å²) in [5.74, 6) is 0.504. The van der Waals surface area contributed by atoms with E-state index in [4.69, 9.17) is 44.3 Å². The van der Waals surface area contributed by atoms with E-state index in [1.54, 1.807) is 54.6 Å². The Bertz CT molecular complexity index is 1330. The number of rotatable bonds is 6. The molecular weight excluding hydrogens is 614 g/mol. The summed E-state index contributed by atoms with van der Waals surface area (Å²) in [6.07, 6.45) is 1.58. The van der Waals surface area contributed by atoms with Crippen LogP contribution in [0.15, 0.2) is 60.3 Å². The number of hydrogen-bond donors (Lipinski definition) is 1. The second-order valence-corrected chi connectivity index (χ2v) is 9.61. The molecule has 1 heterocycles. The molecular formula is C24H16Cl3IN2O4. The van der Waals surface area contributed by atoms with Crippen molar-refractivity contribution in [1.82, 2.24) is 5.32 Å². The molecule has 1 N–H and O–H groups in total. The van der Waals surface area contributed by atoms with Crippen LogP contribution < -0.4 is 19.7 Å². The number of ether oxygens (including phenoxy) is 2. The predicted octanol–water partition coefficient (Wildman–Crippen LogP) is 6.94. The fourth-order valence-electron chi connectivity index (χ4n) is 3.30. The summed E-state index contributed by atoms with van der Waals surface area (Å²) in [7, 11) is 1.52. The average molecular weight is 630 g/mol. The van der Waals surface area contributed by atoms with Gasteiger partial charge in [0.05, 0.1) is 16.4 Å². The van der Waals surface area contributed by atoms with Crippen molar-refractivity contribution in [1.29, 1.82) is 0 Å². The first-order chi connectivity index (χ1) is 16.3. The number of nitrogens with zero attached hydrogens (tertiary/aromatic N) is 1. The molecule has 6 nitrogen and oxygen atoms in total. The number of benzene rings is 3. The molecule has 0 spiro atoms. The molecule has 0 aromatic heterocycles. The van der Waals surface area contributed by atoms with E-state index in [9.17, 15) is 9.59 Å². The predicted molar refractivity (Wildman–Crippen MR) is 142 cm³/mol. The van der Waals surface area contributed by atoms with E-state index < -0.39 is 11.9 Å². The summed E-state index contributed by atoms with van der Waals surface area (Å²) in [5, 5.41) is 4.07. The number of amides is 3. The molecule has 10 heteroatoms. The SMILES string of the molecule is COc1cc(/C=C2/NC(=O)N(c3cccc(Cl)c3)C2=O)cc(I)c1OCc1ccc(Cl)cc1Cl. The summed E-state index contributed by atoms with van der Waals surface area (Å²) in [6, 6.07) is 14.7. The number of methoxy groups -OCH3 is 1. The fraction of sp³-hybridized carbons (Fsp3) is 0.0833. The van der Waals surface area contributed by atoms with E-state index in [1.165, 1.54) is 7.11 Å². The van der Waals surface area contributed by atoms with Gasteiger partial charge in [-0.25, -0.2) is 9.69 Å². The molecule has 3 aromatic rings. The Balaban J connectivity index is 1.59. The van der Waals surface area contributed by atoms with Crippen molar-refractivity contribution in [2.45, 2.75) is 6.61 Å². The maximum absolute atomic E-state index is 12.9. The molecule has 3 amide bonds. The van der Waals surface area contributed by atoms with E-state index in [1.807, 2.05) is 6.07 Å². The number of nitrogens with one attached hydrogen (secondary N) is 1. The molecule has 1 fully saturated rings. The van der Waals surface area contributed by atoms with Crippen molar-refractivity contribution in [2.75, 3.05) is 12.0 Å². The molecule has 1 aliphatic heterocycles. The summed E-state index contributed by atoms with van der Waals surface area (Å²) in [5.41, 5.74) is 1.94. The highest BCUT2D eigenvalue weighted by Crippen LogP contribution is 2.36. The third kappa shape index (κ3) is 5.27. The summed E-state index contributed by atoms with van der Waals surface area (Å²) in [4.78, 5) is 26.4. The van der Waals surface area contributed by atoms with Gasteiger partial charge in [0.15, 0.2) is 11.5 Å². The van der Waals surface area contributed by atoms with E-state index in [0.29, 0.717) is 37.8 Å². The average Bonchev–Trinajstić information content (AvgIpc) is 3.06. The van der Waals surface area contributed by atoms with E-state index in [2.05, 4.69) is 27.9 Å². The zero-order valence-corrected chi connectivity index (χ0v) is 22.0. The Labute approximate surface area is 224 Å². The summed E-state index contributed by atoms with van der Waals surface area (Å²) >= 11 is 20.3. The van der Waals surface area contributed by atoms with Crippen LogP contribution >= 0.6 is 57.4 Å². The lowest BCUT2D eigenvalue weighted by atomic mass is 10.1. The molecule has 0 aliphatic carbocycles. The van der Waals surface area contributed by atoms with Crippen LogP contribution in [0, 0.1) is 3.57 Å².